The molecular weight excluding hydrogens is 508 g/mol. The van der Waals surface area contributed by atoms with E-state index < -0.39 is 16.1 Å². The summed E-state index contributed by atoms with van der Waals surface area (Å²) in [4.78, 5) is 15.9. The Morgan fingerprint density at radius 1 is 0.897 bits per heavy atom. The molecule has 202 valence electrons. The molecule has 0 aromatic heterocycles. The molecule has 8 heteroatoms. The van der Waals surface area contributed by atoms with Crippen molar-refractivity contribution >= 4 is 32.4 Å². The maximum Gasteiger partial charge on any atom is 0.241 e. The lowest BCUT2D eigenvalue weighted by Crippen LogP contribution is -2.52. The summed E-state index contributed by atoms with van der Waals surface area (Å²) in [7, 11) is -3.95. The fourth-order valence-corrected chi connectivity index (χ4v) is 6.38. The number of nitrogens with zero attached hydrogens (tertiary/aromatic N) is 1. The van der Waals surface area contributed by atoms with Crippen LogP contribution in [0.5, 0.6) is 0 Å². The van der Waals surface area contributed by atoms with Gasteiger partial charge in [-0.15, -0.1) is 0 Å². The molecule has 4 aromatic carbocycles. The summed E-state index contributed by atoms with van der Waals surface area (Å²) in [5, 5.41) is 5.22. The predicted molar refractivity (Wildman–Crippen MR) is 156 cm³/mol. The quantitative estimate of drug-likeness (QED) is 0.277. The Labute approximate surface area is 230 Å². The third-order valence-electron chi connectivity index (χ3n) is 7.30. The van der Waals surface area contributed by atoms with Crippen molar-refractivity contribution in [1.29, 1.82) is 0 Å². The molecule has 4 aromatic rings. The smallest absolute Gasteiger partial charge is 0.241 e. The van der Waals surface area contributed by atoms with Gasteiger partial charge in [0.05, 0.1) is 4.90 Å². The summed E-state index contributed by atoms with van der Waals surface area (Å²) in [5.41, 5.74) is 8.61. The fourth-order valence-electron chi connectivity index (χ4n) is 5.15. The number of carbonyl (C=O) groups excluding carboxylic acids is 1. The summed E-state index contributed by atoms with van der Waals surface area (Å²) < 4.78 is 29.8. The van der Waals surface area contributed by atoms with Gasteiger partial charge in [0, 0.05) is 31.4 Å². The van der Waals surface area contributed by atoms with Crippen LogP contribution in [0.3, 0.4) is 0 Å². The number of carbonyl (C=O) groups is 1. The number of hydrogen-bond acceptors (Lipinski definition) is 5. The van der Waals surface area contributed by atoms with Crippen molar-refractivity contribution in [3.8, 4) is 0 Å². The maximum absolute atomic E-state index is 13.9. The lowest BCUT2D eigenvalue weighted by Gasteiger charge is -2.30. The summed E-state index contributed by atoms with van der Waals surface area (Å²) >= 11 is 0. The number of benzene rings is 4. The van der Waals surface area contributed by atoms with Crippen molar-refractivity contribution in [3.05, 3.63) is 108 Å². The van der Waals surface area contributed by atoms with Gasteiger partial charge >= 0.3 is 0 Å². The molecule has 0 aliphatic carbocycles. The molecule has 1 aliphatic rings. The van der Waals surface area contributed by atoms with E-state index in [1.807, 2.05) is 83.8 Å². The third-order valence-corrected chi connectivity index (χ3v) is 8.77. The van der Waals surface area contributed by atoms with E-state index in [1.165, 1.54) is 0 Å². The second kappa shape index (κ2) is 12.0. The summed E-state index contributed by atoms with van der Waals surface area (Å²) in [5.74, 6) is -0.203. The largest absolute Gasteiger partial charge is 0.383 e. The van der Waals surface area contributed by atoms with Gasteiger partial charge in [0.1, 0.15) is 6.04 Å². The number of rotatable bonds is 10. The van der Waals surface area contributed by atoms with Crippen molar-refractivity contribution < 1.29 is 13.2 Å². The van der Waals surface area contributed by atoms with Gasteiger partial charge in [-0.25, -0.2) is 8.42 Å². The number of nitrogens with one attached hydrogen (secondary N) is 2. The van der Waals surface area contributed by atoms with Crippen molar-refractivity contribution in [3.63, 3.8) is 0 Å². The highest BCUT2D eigenvalue weighted by molar-refractivity contribution is 7.89. The molecule has 1 saturated heterocycles. The molecule has 2 atom stereocenters. The Morgan fingerprint density at radius 3 is 2.36 bits per heavy atom. The highest BCUT2D eigenvalue weighted by atomic mass is 32.2. The average molecular weight is 543 g/mol. The monoisotopic (exact) mass is 542 g/mol. The van der Waals surface area contributed by atoms with Crippen LogP contribution in [0.15, 0.2) is 102 Å². The number of amides is 1. The van der Waals surface area contributed by atoms with Gasteiger partial charge < -0.3 is 16.0 Å². The fraction of sp³-hybridized carbons (Fsp3) is 0.258. The average Bonchev–Trinajstić information content (AvgIpc) is 3.44. The Kier molecular flexibility index (Phi) is 8.26. The Bertz CT molecular complexity index is 1520. The number of fused-ring (bicyclic) bond motifs is 1. The lowest BCUT2D eigenvalue weighted by atomic mass is 10.1. The zero-order chi connectivity index (χ0) is 27.2. The highest BCUT2D eigenvalue weighted by Gasteiger charge is 2.35. The maximum atomic E-state index is 13.9. The Morgan fingerprint density at radius 2 is 1.62 bits per heavy atom. The third kappa shape index (κ3) is 6.47. The molecule has 1 amide bonds. The molecule has 0 radical (unpaired) electrons. The van der Waals surface area contributed by atoms with E-state index in [-0.39, 0.29) is 23.3 Å². The number of nitrogens with two attached hydrogens (primary N) is 1. The van der Waals surface area contributed by atoms with Gasteiger partial charge in [0.15, 0.2) is 0 Å². The van der Waals surface area contributed by atoms with Crippen LogP contribution < -0.4 is 15.8 Å². The topological polar surface area (TPSA) is 105 Å². The second-order valence-corrected chi connectivity index (χ2v) is 11.7. The van der Waals surface area contributed by atoms with Crippen molar-refractivity contribution in [1.82, 2.24) is 9.62 Å². The van der Waals surface area contributed by atoms with Crippen LogP contribution in [0, 0.1) is 0 Å². The Hall–Kier alpha value is -3.72. The van der Waals surface area contributed by atoms with Gasteiger partial charge in [0.25, 0.3) is 0 Å². The van der Waals surface area contributed by atoms with Crippen LogP contribution >= 0.6 is 0 Å². The van der Waals surface area contributed by atoms with E-state index in [2.05, 4.69) is 10.0 Å². The first kappa shape index (κ1) is 26.9. The van der Waals surface area contributed by atoms with E-state index in [1.54, 1.807) is 18.2 Å². The van der Waals surface area contributed by atoms with Crippen LogP contribution in [-0.2, 0) is 27.8 Å². The van der Waals surface area contributed by atoms with E-state index in [9.17, 15) is 13.2 Å². The van der Waals surface area contributed by atoms with Crippen LogP contribution in [0.4, 0.5) is 5.69 Å². The Balaban J connectivity index is 1.36. The second-order valence-electron chi connectivity index (χ2n) is 9.98. The molecule has 0 bridgehead atoms. The van der Waals surface area contributed by atoms with Crippen LogP contribution in [0.2, 0.25) is 0 Å². The summed E-state index contributed by atoms with van der Waals surface area (Å²) in [6.45, 7) is 1.67. The SMILES string of the molecule is NCc1ccc(NC[C@@H]2CCCN2C(=O)[C@@H](Cc2ccccc2)NS(=O)(=O)c2ccc3ccccc3c2)cc1. The first-order chi connectivity index (χ1) is 18.9. The van der Waals surface area contributed by atoms with Crippen LogP contribution in [-0.4, -0.2) is 44.4 Å². The van der Waals surface area contributed by atoms with Gasteiger partial charge in [-0.1, -0.05) is 72.8 Å². The molecule has 4 N–H and O–H groups in total. The van der Waals surface area contributed by atoms with Crippen LogP contribution in [0.1, 0.15) is 24.0 Å². The van der Waals surface area contributed by atoms with Crippen molar-refractivity contribution in [2.75, 3.05) is 18.4 Å². The minimum absolute atomic E-state index is 0.0323. The van der Waals surface area contributed by atoms with Gasteiger partial charge in [0.2, 0.25) is 15.9 Å². The molecule has 1 heterocycles. The van der Waals surface area contributed by atoms with Gasteiger partial charge in [-0.3, -0.25) is 4.79 Å². The van der Waals surface area contributed by atoms with E-state index in [0.29, 0.717) is 19.6 Å². The minimum atomic E-state index is -3.95. The molecule has 0 unspecified atom stereocenters. The van der Waals surface area contributed by atoms with Crippen molar-refractivity contribution in [2.24, 2.45) is 5.73 Å². The standard InChI is InChI=1S/C31H34N4O3S/c32-21-24-12-15-27(16-13-24)33-22-28-11-6-18-35(28)31(36)30(19-23-7-2-1-3-8-23)34-39(37,38)29-17-14-25-9-4-5-10-26(25)20-29/h1-5,7-10,12-17,20,28,30,33-34H,6,11,18-19,21-22,32H2/t28-,30+/m0/s1. The first-order valence-electron chi connectivity index (χ1n) is 13.3. The molecule has 0 spiro atoms. The van der Waals surface area contributed by atoms with E-state index in [0.717, 1.165) is 40.4 Å². The summed E-state index contributed by atoms with van der Waals surface area (Å²) in [6, 6.07) is 29.2. The van der Waals surface area contributed by atoms with Gasteiger partial charge in [-0.05, 0) is 65.4 Å². The predicted octanol–water partition coefficient (Wildman–Crippen LogP) is 4.29. The summed E-state index contributed by atoms with van der Waals surface area (Å²) in [6.07, 6.45) is 2.00. The molecule has 1 aliphatic heterocycles. The molecule has 39 heavy (non-hydrogen) atoms. The molecule has 7 nitrogen and oxygen atoms in total. The number of sulfonamides is 1. The molecule has 5 rings (SSSR count). The molecule has 0 saturated carbocycles. The number of hydrogen-bond donors (Lipinski definition) is 3. The number of likely N-dealkylation sites (tertiary alicyclic amines) is 1. The normalized spacial score (nSPS) is 16.3. The molecular formula is C31H34N4O3S. The zero-order valence-corrected chi connectivity index (χ0v) is 22.6. The van der Waals surface area contributed by atoms with Gasteiger partial charge in [-0.2, -0.15) is 4.72 Å². The molecule has 1 fully saturated rings. The van der Waals surface area contributed by atoms with E-state index >= 15 is 0 Å². The van der Waals surface area contributed by atoms with Crippen molar-refractivity contribution in [2.45, 2.75) is 42.8 Å². The first-order valence-corrected chi connectivity index (χ1v) is 14.8. The minimum Gasteiger partial charge on any atom is -0.383 e. The zero-order valence-electron chi connectivity index (χ0n) is 21.8. The lowest BCUT2D eigenvalue weighted by molar-refractivity contribution is -0.133. The highest BCUT2D eigenvalue weighted by Crippen LogP contribution is 2.23. The van der Waals surface area contributed by atoms with Crippen LogP contribution in [0.25, 0.3) is 10.8 Å². The van der Waals surface area contributed by atoms with E-state index in [4.69, 9.17) is 5.73 Å². The number of anilines is 1.